The smallest absolute Gasteiger partial charge is 0.253 e. The Morgan fingerprint density at radius 3 is 2.61 bits per heavy atom. The maximum absolute atomic E-state index is 12.2. The molecule has 0 unspecified atom stereocenters. The Kier molecular flexibility index (Phi) is 9.41. The molecule has 0 aliphatic heterocycles. The van der Waals surface area contributed by atoms with Crippen molar-refractivity contribution >= 4 is 21.9 Å². The molecule has 168 valence electrons. The van der Waals surface area contributed by atoms with Crippen LogP contribution < -0.4 is 15.4 Å². The molecular formula is C21H30N6O3S. The van der Waals surface area contributed by atoms with E-state index >= 15 is 0 Å². The molecule has 0 spiro atoms. The number of benzene rings is 1. The normalized spacial score (nSPS) is 11.8. The highest BCUT2D eigenvalue weighted by molar-refractivity contribution is 7.89. The van der Waals surface area contributed by atoms with Gasteiger partial charge in [-0.05, 0) is 43.2 Å². The zero-order valence-electron chi connectivity index (χ0n) is 18.1. The van der Waals surface area contributed by atoms with Crippen LogP contribution in [0.15, 0.2) is 58.7 Å². The molecule has 2 aromatic rings. The van der Waals surface area contributed by atoms with Crippen molar-refractivity contribution in [1.82, 2.24) is 25.2 Å². The first-order chi connectivity index (χ1) is 14.8. The number of amides is 1. The molecule has 0 saturated heterocycles. The number of hydrogen-bond donors (Lipinski definition) is 3. The second-order valence-corrected chi connectivity index (χ2v) is 8.69. The molecule has 0 saturated carbocycles. The van der Waals surface area contributed by atoms with Crippen LogP contribution in [-0.4, -0.2) is 70.4 Å². The van der Waals surface area contributed by atoms with E-state index in [1.165, 1.54) is 18.5 Å². The van der Waals surface area contributed by atoms with Crippen LogP contribution in [0.5, 0.6) is 0 Å². The molecule has 0 atom stereocenters. The molecule has 0 aliphatic rings. The van der Waals surface area contributed by atoms with Crippen LogP contribution in [-0.2, 0) is 16.4 Å². The predicted molar refractivity (Wildman–Crippen MR) is 122 cm³/mol. The van der Waals surface area contributed by atoms with Crippen LogP contribution in [0.2, 0.25) is 0 Å². The van der Waals surface area contributed by atoms with E-state index in [1.54, 1.807) is 31.1 Å². The number of nitrogens with zero attached hydrogens (tertiary/aromatic N) is 3. The third-order valence-electron chi connectivity index (χ3n) is 4.25. The van der Waals surface area contributed by atoms with E-state index in [1.807, 2.05) is 25.1 Å². The van der Waals surface area contributed by atoms with Gasteiger partial charge in [-0.2, -0.15) is 0 Å². The number of carbonyl (C=O) groups is 1. The third kappa shape index (κ3) is 7.99. The summed E-state index contributed by atoms with van der Waals surface area (Å²) in [4.78, 5) is 22.0. The summed E-state index contributed by atoms with van der Waals surface area (Å²) < 4.78 is 26.9. The van der Waals surface area contributed by atoms with Crippen molar-refractivity contribution < 1.29 is 13.2 Å². The van der Waals surface area contributed by atoms with Crippen LogP contribution in [0.3, 0.4) is 0 Å². The fourth-order valence-electron chi connectivity index (χ4n) is 2.72. The number of aromatic nitrogens is 1. The highest BCUT2D eigenvalue weighted by atomic mass is 32.2. The molecule has 0 bridgehead atoms. The topological polar surface area (TPSA) is 116 Å². The average Bonchev–Trinajstić information content (AvgIpc) is 2.77. The van der Waals surface area contributed by atoms with Crippen molar-refractivity contribution in [3.63, 3.8) is 0 Å². The van der Waals surface area contributed by atoms with Gasteiger partial charge in [0, 0.05) is 51.7 Å². The minimum atomic E-state index is -3.59. The zero-order valence-corrected chi connectivity index (χ0v) is 18.9. The van der Waals surface area contributed by atoms with Gasteiger partial charge in [0.05, 0.1) is 6.54 Å². The molecule has 31 heavy (non-hydrogen) atoms. The van der Waals surface area contributed by atoms with E-state index in [9.17, 15) is 13.2 Å². The summed E-state index contributed by atoms with van der Waals surface area (Å²) in [6.07, 6.45) is 3.54. The number of guanidine groups is 1. The quantitative estimate of drug-likeness (QED) is 0.283. The van der Waals surface area contributed by atoms with Gasteiger partial charge in [0.25, 0.3) is 5.91 Å². The first-order valence-electron chi connectivity index (χ1n) is 10.1. The van der Waals surface area contributed by atoms with Crippen molar-refractivity contribution in [2.24, 2.45) is 4.99 Å². The van der Waals surface area contributed by atoms with E-state index in [2.05, 4.69) is 25.3 Å². The summed E-state index contributed by atoms with van der Waals surface area (Å²) in [5.74, 6) is 0.571. The minimum absolute atomic E-state index is 0.0292. The molecule has 0 fully saturated rings. The maximum atomic E-state index is 12.2. The molecule has 0 radical (unpaired) electrons. The number of hydrogen-bond acceptors (Lipinski definition) is 5. The van der Waals surface area contributed by atoms with Gasteiger partial charge in [0.1, 0.15) is 4.90 Å². The Labute approximate surface area is 184 Å². The first kappa shape index (κ1) is 24.3. The first-order valence-corrected chi connectivity index (χ1v) is 11.5. The molecule has 2 rings (SSSR count). The van der Waals surface area contributed by atoms with Gasteiger partial charge in [0.15, 0.2) is 5.96 Å². The Balaban J connectivity index is 1.85. The lowest BCUT2D eigenvalue weighted by Gasteiger charge is -2.13. The molecule has 10 heteroatoms. The number of sulfonamides is 1. The van der Waals surface area contributed by atoms with Gasteiger partial charge in [-0.15, -0.1) is 0 Å². The summed E-state index contributed by atoms with van der Waals surface area (Å²) in [6, 6.07) is 10.6. The van der Waals surface area contributed by atoms with Gasteiger partial charge < -0.3 is 15.5 Å². The lowest BCUT2D eigenvalue weighted by atomic mass is 10.1. The van der Waals surface area contributed by atoms with E-state index in [4.69, 9.17) is 0 Å². The molecule has 9 nitrogen and oxygen atoms in total. The van der Waals surface area contributed by atoms with Crippen LogP contribution in [0, 0.1) is 0 Å². The third-order valence-corrected chi connectivity index (χ3v) is 5.70. The molecule has 3 N–H and O–H groups in total. The zero-order chi connectivity index (χ0) is 22.7. The summed E-state index contributed by atoms with van der Waals surface area (Å²) in [5.41, 5.74) is 1.70. The monoisotopic (exact) mass is 446 g/mol. The van der Waals surface area contributed by atoms with Crippen molar-refractivity contribution in [3.8, 4) is 0 Å². The van der Waals surface area contributed by atoms with Gasteiger partial charge in [-0.3, -0.25) is 14.8 Å². The Morgan fingerprint density at radius 2 is 1.94 bits per heavy atom. The van der Waals surface area contributed by atoms with Crippen molar-refractivity contribution in [1.29, 1.82) is 0 Å². The summed E-state index contributed by atoms with van der Waals surface area (Å²) in [5, 5.41) is 6.36. The SMILES string of the molecule is CCNC(=NCCNS(=O)(=O)c1cccnc1)NCCc1cccc(C(=O)N(C)C)c1. The number of rotatable bonds is 10. The fraction of sp³-hybridized carbons (Fsp3) is 0.381. The van der Waals surface area contributed by atoms with Crippen molar-refractivity contribution in [2.75, 3.05) is 40.3 Å². The van der Waals surface area contributed by atoms with Crippen molar-refractivity contribution in [2.45, 2.75) is 18.2 Å². The number of nitrogens with one attached hydrogen (secondary N) is 3. The van der Waals surface area contributed by atoms with E-state index < -0.39 is 10.0 Å². The second kappa shape index (κ2) is 12.0. The van der Waals surface area contributed by atoms with E-state index in [0.717, 1.165) is 5.56 Å². The predicted octanol–water partition coefficient (Wildman–Crippen LogP) is 0.860. The second-order valence-electron chi connectivity index (χ2n) is 6.92. The number of aliphatic imine (C=N–C) groups is 1. The van der Waals surface area contributed by atoms with E-state index in [0.29, 0.717) is 31.0 Å². The van der Waals surface area contributed by atoms with Crippen LogP contribution >= 0.6 is 0 Å². The highest BCUT2D eigenvalue weighted by Gasteiger charge is 2.12. The lowest BCUT2D eigenvalue weighted by Crippen LogP contribution is -2.39. The molecule has 1 aromatic heterocycles. The summed E-state index contributed by atoms with van der Waals surface area (Å²) >= 11 is 0. The largest absolute Gasteiger partial charge is 0.357 e. The molecule has 1 aromatic carbocycles. The van der Waals surface area contributed by atoms with Gasteiger partial charge in [-0.1, -0.05) is 12.1 Å². The Morgan fingerprint density at radius 1 is 1.13 bits per heavy atom. The standard InChI is InChI=1S/C21H30N6O3S/c1-4-23-21(25-13-14-26-31(29,30)19-9-6-11-22-16-19)24-12-10-17-7-5-8-18(15-17)20(28)27(2)3/h5-9,11,15-16,26H,4,10,12-14H2,1-3H3,(H2,23,24,25). The number of pyridine rings is 1. The maximum Gasteiger partial charge on any atom is 0.253 e. The molecule has 0 aliphatic carbocycles. The van der Waals surface area contributed by atoms with Crippen LogP contribution in [0.1, 0.15) is 22.8 Å². The van der Waals surface area contributed by atoms with E-state index in [-0.39, 0.29) is 23.9 Å². The van der Waals surface area contributed by atoms with Crippen molar-refractivity contribution in [3.05, 3.63) is 59.9 Å². The van der Waals surface area contributed by atoms with Crippen LogP contribution in [0.4, 0.5) is 0 Å². The minimum Gasteiger partial charge on any atom is -0.357 e. The lowest BCUT2D eigenvalue weighted by molar-refractivity contribution is 0.0827. The molecular weight excluding hydrogens is 416 g/mol. The Bertz CT molecular complexity index is 978. The molecule has 1 amide bonds. The van der Waals surface area contributed by atoms with Gasteiger partial charge >= 0.3 is 0 Å². The fourth-order valence-corrected chi connectivity index (χ4v) is 3.71. The average molecular weight is 447 g/mol. The summed E-state index contributed by atoms with van der Waals surface area (Å²) in [6.45, 7) is 3.70. The number of carbonyl (C=O) groups excluding carboxylic acids is 1. The summed E-state index contributed by atoms with van der Waals surface area (Å²) in [7, 11) is -0.137. The highest BCUT2D eigenvalue weighted by Crippen LogP contribution is 2.08. The van der Waals surface area contributed by atoms with Gasteiger partial charge in [-0.25, -0.2) is 13.1 Å². The molecule has 1 heterocycles. The van der Waals surface area contributed by atoms with Gasteiger partial charge in [0.2, 0.25) is 10.0 Å². The van der Waals surface area contributed by atoms with Crippen LogP contribution in [0.25, 0.3) is 0 Å². The Hall–Kier alpha value is -2.98.